The standard InChI is InChI=1S/C13H19N3O2/c1-15-6-4-10(8-15)9-16(2)12-3-5-14-7-11(12)13(17)18/h3,5,7,10H,4,6,8-9H2,1-2H3,(H,17,18). The summed E-state index contributed by atoms with van der Waals surface area (Å²) in [5.41, 5.74) is 1.01. The van der Waals surface area contributed by atoms with E-state index in [0.717, 1.165) is 25.3 Å². The van der Waals surface area contributed by atoms with Crippen LogP contribution in [0.25, 0.3) is 0 Å². The maximum Gasteiger partial charge on any atom is 0.339 e. The molecule has 0 radical (unpaired) electrons. The number of rotatable bonds is 4. The number of carbonyl (C=O) groups is 1. The molecule has 5 nitrogen and oxygen atoms in total. The first-order chi connectivity index (χ1) is 8.58. The van der Waals surface area contributed by atoms with E-state index in [2.05, 4.69) is 16.9 Å². The van der Waals surface area contributed by atoms with Gasteiger partial charge in [0.25, 0.3) is 0 Å². The van der Waals surface area contributed by atoms with Crippen molar-refractivity contribution in [1.29, 1.82) is 0 Å². The van der Waals surface area contributed by atoms with Gasteiger partial charge in [0.05, 0.1) is 5.69 Å². The van der Waals surface area contributed by atoms with Crippen molar-refractivity contribution in [2.75, 3.05) is 38.6 Å². The molecule has 0 spiro atoms. The average molecular weight is 249 g/mol. The van der Waals surface area contributed by atoms with E-state index in [1.807, 2.05) is 11.9 Å². The van der Waals surface area contributed by atoms with Crippen LogP contribution in [0.5, 0.6) is 0 Å². The molecule has 1 fully saturated rings. The molecule has 18 heavy (non-hydrogen) atoms. The Kier molecular flexibility index (Phi) is 3.81. The first-order valence-corrected chi connectivity index (χ1v) is 6.15. The van der Waals surface area contributed by atoms with E-state index >= 15 is 0 Å². The average Bonchev–Trinajstić information content (AvgIpc) is 2.74. The number of likely N-dealkylation sites (tertiary alicyclic amines) is 1. The van der Waals surface area contributed by atoms with Crippen LogP contribution in [-0.4, -0.2) is 54.7 Å². The number of anilines is 1. The number of nitrogens with zero attached hydrogens (tertiary/aromatic N) is 3. The van der Waals surface area contributed by atoms with E-state index in [-0.39, 0.29) is 5.56 Å². The lowest BCUT2D eigenvalue weighted by Gasteiger charge is -2.24. The molecule has 0 bridgehead atoms. The minimum absolute atomic E-state index is 0.270. The maximum absolute atomic E-state index is 11.1. The first kappa shape index (κ1) is 12.8. The molecule has 2 heterocycles. The number of pyridine rings is 1. The van der Waals surface area contributed by atoms with Gasteiger partial charge >= 0.3 is 5.97 Å². The van der Waals surface area contributed by atoms with Crippen LogP contribution in [0.1, 0.15) is 16.8 Å². The smallest absolute Gasteiger partial charge is 0.339 e. The minimum Gasteiger partial charge on any atom is -0.478 e. The van der Waals surface area contributed by atoms with Crippen LogP contribution in [0.15, 0.2) is 18.5 Å². The van der Waals surface area contributed by atoms with Gasteiger partial charge in [0.15, 0.2) is 0 Å². The summed E-state index contributed by atoms with van der Waals surface area (Å²) in [6.45, 7) is 3.09. The zero-order chi connectivity index (χ0) is 13.1. The number of carboxylic acid groups (broad SMARTS) is 1. The Morgan fingerprint density at radius 3 is 3.06 bits per heavy atom. The zero-order valence-electron chi connectivity index (χ0n) is 10.8. The normalized spacial score (nSPS) is 20.0. The quantitative estimate of drug-likeness (QED) is 0.868. The van der Waals surface area contributed by atoms with E-state index in [9.17, 15) is 4.79 Å². The van der Waals surface area contributed by atoms with Crippen molar-refractivity contribution in [1.82, 2.24) is 9.88 Å². The molecule has 1 aromatic heterocycles. The Bertz CT molecular complexity index is 436. The van der Waals surface area contributed by atoms with Gasteiger partial charge in [-0.05, 0) is 32.0 Å². The second kappa shape index (κ2) is 5.35. The lowest BCUT2D eigenvalue weighted by Crippen LogP contribution is -2.28. The molecule has 0 saturated carbocycles. The predicted octanol–water partition coefficient (Wildman–Crippen LogP) is 1.17. The number of aromatic nitrogens is 1. The third-order valence-corrected chi connectivity index (χ3v) is 3.46. The Labute approximate surface area is 107 Å². The summed E-state index contributed by atoms with van der Waals surface area (Å²) in [5.74, 6) is -0.316. The van der Waals surface area contributed by atoms with Crippen LogP contribution in [0, 0.1) is 5.92 Å². The third-order valence-electron chi connectivity index (χ3n) is 3.46. The molecule has 1 aromatic rings. The highest BCUT2D eigenvalue weighted by atomic mass is 16.4. The van der Waals surface area contributed by atoms with E-state index in [1.54, 1.807) is 12.3 Å². The van der Waals surface area contributed by atoms with Crippen molar-refractivity contribution in [3.05, 3.63) is 24.0 Å². The molecular weight excluding hydrogens is 230 g/mol. The van der Waals surface area contributed by atoms with Crippen LogP contribution < -0.4 is 4.90 Å². The van der Waals surface area contributed by atoms with Gasteiger partial charge in [0.1, 0.15) is 5.56 Å². The molecule has 98 valence electrons. The molecule has 5 heteroatoms. The summed E-state index contributed by atoms with van der Waals surface area (Å²) in [5, 5.41) is 9.14. The van der Waals surface area contributed by atoms with Crippen molar-refractivity contribution in [3.63, 3.8) is 0 Å². The second-order valence-corrected chi connectivity index (χ2v) is 5.00. The van der Waals surface area contributed by atoms with E-state index in [0.29, 0.717) is 5.92 Å². The van der Waals surface area contributed by atoms with Gasteiger partial charge in [-0.25, -0.2) is 4.79 Å². The van der Waals surface area contributed by atoms with Crippen molar-refractivity contribution in [3.8, 4) is 0 Å². The molecule has 1 N–H and O–H groups in total. The van der Waals surface area contributed by atoms with Gasteiger partial charge in [0.2, 0.25) is 0 Å². The molecular formula is C13H19N3O2. The summed E-state index contributed by atoms with van der Waals surface area (Å²) < 4.78 is 0. The van der Waals surface area contributed by atoms with Crippen molar-refractivity contribution in [2.24, 2.45) is 5.92 Å². The van der Waals surface area contributed by atoms with E-state index < -0.39 is 5.97 Å². The highest BCUT2D eigenvalue weighted by Crippen LogP contribution is 2.22. The van der Waals surface area contributed by atoms with Crippen LogP contribution in [0.2, 0.25) is 0 Å². The van der Waals surface area contributed by atoms with E-state index in [4.69, 9.17) is 5.11 Å². The van der Waals surface area contributed by atoms with Crippen LogP contribution in [-0.2, 0) is 0 Å². The van der Waals surface area contributed by atoms with Crippen molar-refractivity contribution in [2.45, 2.75) is 6.42 Å². The summed E-state index contributed by atoms with van der Waals surface area (Å²) in [4.78, 5) is 19.3. The number of hydrogen-bond donors (Lipinski definition) is 1. The Balaban J connectivity index is 2.09. The Hall–Kier alpha value is -1.62. The monoisotopic (exact) mass is 249 g/mol. The topological polar surface area (TPSA) is 56.7 Å². The number of hydrogen-bond acceptors (Lipinski definition) is 4. The molecule has 0 aliphatic carbocycles. The van der Waals surface area contributed by atoms with Gasteiger partial charge in [-0.1, -0.05) is 0 Å². The summed E-state index contributed by atoms with van der Waals surface area (Å²) in [6, 6.07) is 1.77. The Morgan fingerprint density at radius 2 is 2.44 bits per heavy atom. The number of aromatic carboxylic acids is 1. The molecule has 1 saturated heterocycles. The fraction of sp³-hybridized carbons (Fsp3) is 0.538. The second-order valence-electron chi connectivity index (χ2n) is 5.00. The predicted molar refractivity (Wildman–Crippen MR) is 70.1 cm³/mol. The van der Waals surface area contributed by atoms with E-state index in [1.165, 1.54) is 12.6 Å². The summed E-state index contributed by atoms with van der Waals surface area (Å²) in [7, 11) is 4.06. The van der Waals surface area contributed by atoms with Gasteiger partial charge in [-0.2, -0.15) is 0 Å². The molecule has 0 amide bonds. The lowest BCUT2D eigenvalue weighted by molar-refractivity contribution is 0.0697. The van der Waals surface area contributed by atoms with Gasteiger partial charge in [-0.3, -0.25) is 4.98 Å². The Morgan fingerprint density at radius 1 is 1.67 bits per heavy atom. The molecule has 2 rings (SSSR count). The molecule has 1 aliphatic rings. The van der Waals surface area contributed by atoms with Gasteiger partial charge < -0.3 is 14.9 Å². The lowest BCUT2D eigenvalue weighted by atomic mass is 10.1. The van der Waals surface area contributed by atoms with Crippen molar-refractivity contribution >= 4 is 11.7 Å². The number of carboxylic acids is 1. The highest BCUT2D eigenvalue weighted by Gasteiger charge is 2.22. The summed E-state index contributed by atoms with van der Waals surface area (Å²) in [6.07, 6.45) is 4.22. The molecule has 1 aliphatic heterocycles. The fourth-order valence-corrected chi connectivity index (χ4v) is 2.55. The molecule has 1 atom stereocenters. The summed E-state index contributed by atoms with van der Waals surface area (Å²) >= 11 is 0. The van der Waals surface area contributed by atoms with Gasteiger partial charge in [0, 0.05) is 32.5 Å². The molecule has 0 aromatic carbocycles. The maximum atomic E-state index is 11.1. The van der Waals surface area contributed by atoms with Crippen molar-refractivity contribution < 1.29 is 9.90 Å². The van der Waals surface area contributed by atoms with Crippen LogP contribution >= 0.6 is 0 Å². The first-order valence-electron chi connectivity index (χ1n) is 6.15. The van der Waals surface area contributed by atoms with Gasteiger partial charge in [-0.15, -0.1) is 0 Å². The molecule has 1 unspecified atom stereocenters. The SMILES string of the molecule is CN1CCC(CN(C)c2ccncc2C(=O)O)C1. The zero-order valence-corrected chi connectivity index (χ0v) is 10.8. The van der Waals surface area contributed by atoms with Crippen LogP contribution in [0.3, 0.4) is 0 Å². The fourth-order valence-electron chi connectivity index (χ4n) is 2.55. The third kappa shape index (κ3) is 2.79. The minimum atomic E-state index is -0.923. The highest BCUT2D eigenvalue weighted by molar-refractivity contribution is 5.93. The van der Waals surface area contributed by atoms with Crippen LogP contribution in [0.4, 0.5) is 5.69 Å². The largest absolute Gasteiger partial charge is 0.478 e.